The van der Waals surface area contributed by atoms with Crippen LogP contribution < -0.4 is 0 Å². The Morgan fingerprint density at radius 3 is 2.90 bits per heavy atom. The predicted molar refractivity (Wildman–Crippen MR) is 76.3 cm³/mol. The summed E-state index contributed by atoms with van der Waals surface area (Å²) in [6.07, 6.45) is 4.34. The van der Waals surface area contributed by atoms with Crippen molar-refractivity contribution in [2.75, 3.05) is 6.54 Å². The molecule has 1 aliphatic rings. The molecule has 0 aliphatic heterocycles. The highest BCUT2D eigenvalue weighted by molar-refractivity contribution is 5.27. The number of nitrogens with zero attached hydrogens (tertiary/aromatic N) is 4. The van der Waals surface area contributed by atoms with Crippen LogP contribution in [-0.2, 0) is 13.1 Å². The Morgan fingerprint density at radius 2 is 2.25 bits per heavy atom. The van der Waals surface area contributed by atoms with Gasteiger partial charge in [-0.05, 0) is 37.5 Å². The van der Waals surface area contributed by atoms with Gasteiger partial charge in [0, 0.05) is 25.7 Å². The molecular formula is C15H20N4O. The SMILES string of the molecule is Cc1nncn1CCN(Cc1cccc(O)c1)C1CC1. The van der Waals surface area contributed by atoms with Crippen molar-refractivity contribution in [1.82, 2.24) is 19.7 Å². The van der Waals surface area contributed by atoms with Crippen molar-refractivity contribution >= 4 is 0 Å². The van der Waals surface area contributed by atoms with Crippen LogP contribution in [0.1, 0.15) is 24.2 Å². The van der Waals surface area contributed by atoms with Crippen molar-refractivity contribution in [3.63, 3.8) is 0 Å². The zero-order chi connectivity index (χ0) is 13.9. The molecule has 0 spiro atoms. The first-order chi connectivity index (χ1) is 9.72. The second-order valence-electron chi connectivity index (χ2n) is 5.44. The van der Waals surface area contributed by atoms with E-state index in [1.165, 1.54) is 12.8 Å². The summed E-state index contributed by atoms with van der Waals surface area (Å²) in [4.78, 5) is 2.48. The molecule has 0 unspecified atom stereocenters. The van der Waals surface area contributed by atoms with E-state index in [0.29, 0.717) is 11.8 Å². The first kappa shape index (κ1) is 13.1. The summed E-state index contributed by atoms with van der Waals surface area (Å²) in [5.41, 5.74) is 1.16. The van der Waals surface area contributed by atoms with E-state index < -0.39 is 0 Å². The maximum atomic E-state index is 9.56. The minimum Gasteiger partial charge on any atom is -0.508 e. The number of phenols is 1. The van der Waals surface area contributed by atoms with E-state index in [0.717, 1.165) is 31.0 Å². The van der Waals surface area contributed by atoms with Crippen LogP contribution in [0.2, 0.25) is 0 Å². The Bertz CT molecular complexity index is 577. The zero-order valence-corrected chi connectivity index (χ0v) is 11.7. The van der Waals surface area contributed by atoms with E-state index in [2.05, 4.69) is 25.7 Å². The van der Waals surface area contributed by atoms with Gasteiger partial charge < -0.3 is 9.67 Å². The summed E-state index contributed by atoms with van der Waals surface area (Å²) in [5.74, 6) is 1.30. The van der Waals surface area contributed by atoms with Crippen molar-refractivity contribution in [3.8, 4) is 5.75 Å². The van der Waals surface area contributed by atoms with Gasteiger partial charge in [-0.3, -0.25) is 4.90 Å². The van der Waals surface area contributed by atoms with E-state index in [1.807, 2.05) is 19.1 Å². The predicted octanol–water partition coefficient (Wildman–Crippen LogP) is 1.96. The molecule has 5 heteroatoms. The molecule has 1 saturated carbocycles. The highest BCUT2D eigenvalue weighted by atomic mass is 16.3. The number of benzene rings is 1. The largest absolute Gasteiger partial charge is 0.508 e. The van der Waals surface area contributed by atoms with Crippen molar-refractivity contribution in [2.45, 2.75) is 38.9 Å². The Morgan fingerprint density at radius 1 is 1.40 bits per heavy atom. The minimum atomic E-state index is 0.341. The molecular weight excluding hydrogens is 252 g/mol. The molecule has 106 valence electrons. The van der Waals surface area contributed by atoms with Gasteiger partial charge in [-0.15, -0.1) is 10.2 Å². The lowest BCUT2D eigenvalue weighted by Gasteiger charge is -2.22. The van der Waals surface area contributed by atoms with E-state index in [1.54, 1.807) is 12.4 Å². The lowest BCUT2D eigenvalue weighted by Crippen LogP contribution is -2.29. The third-order valence-corrected chi connectivity index (χ3v) is 3.80. The molecule has 1 N–H and O–H groups in total. The van der Waals surface area contributed by atoms with Crippen LogP contribution in [0.3, 0.4) is 0 Å². The van der Waals surface area contributed by atoms with Gasteiger partial charge in [-0.1, -0.05) is 12.1 Å². The van der Waals surface area contributed by atoms with E-state index in [9.17, 15) is 5.11 Å². The van der Waals surface area contributed by atoms with Gasteiger partial charge in [0.15, 0.2) is 0 Å². The topological polar surface area (TPSA) is 54.2 Å². The van der Waals surface area contributed by atoms with Crippen LogP contribution in [-0.4, -0.2) is 37.4 Å². The number of aromatic hydroxyl groups is 1. The number of rotatable bonds is 6. The first-order valence-corrected chi connectivity index (χ1v) is 7.09. The molecule has 0 atom stereocenters. The molecule has 3 rings (SSSR count). The first-order valence-electron chi connectivity index (χ1n) is 7.09. The molecule has 2 aromatic rings. The number of hydrogen-bond donors (Lipinski definition) is 1. The van der Waals surface area contributed by atoms with Crippen LogP contribution >= 0.6 is 0 Å². The van der Waals surface area contributed by atoms with Gasteiger partial charge >= 0.3 is 0 Å². The van der Waals surface area contributed by atoms with Crippen LogP contribution in [0, 0.1) is 6.92 Å². The quantitative estimate of drug-likeness (QED) is 0.873. The van der Waals surface area contributed by atoms with Crippen LogP contribution in [0.15, 0.2) is 30.6 Å². The molecule has 0 amide bonds. The highest BCUT2D eigenvalue weighted by Crippen LogP contribution is 2.28. The maximum absolute atomic E-state index is 9.56. The number of phenolic OH excluding ortho intramolecular Hbond substituents is 1. The number of hydrogen-bond acceptors (Lipinski definition) is 4. The average Bonchev–Trinajstić information content (AvgIpc) is 3.18. The van der Waals surface area contributed by atoms with Crippen LogP contribution in [0.5, 0.6) is 5.75 Å². The average molecular weight is 272 g/mol. The number of aromatic nitrogens is 3. The van der Waals surface area contributed by atoms with E-state index in [4.69, 9.17) is 0 Å². The molecule has 20 heavy (non-hydrogen) atoms. The molecule has 1 aliphatic carbocycles. The summed E-state index contributed by atoms with van der Waals surface area (Å²) in [5, 5.41) is 17.5. The summed E-state index contributed by atoms with van der Waals surface area (Å²) >= 11 is 0. The summed E-state index contributed by atoms with van der Waals surface area (Å²) in [6, 6.07) is 8.22. The van der Waals surface area contributed by atoms with Gasteiger partial charge in [0.1, 0.15) is 17.9 Å². The Hall–Kier alpha value is -1.88. The number of aryl methyl sites for hydroxylation is 1. The molecule has 0 radical (unpaired) electrons. The molecule has 0 bridgehead atoms. The zero-order valence-electron chi connectivity index (χ0n) is 11.7. The fourth-order valence-electron chi connectivity index (χ4n) is 2.49. The van der Waals surface area contributed by atoms with Gasteiger partial charge in [-0.2, -0.15) is 0 Å². The van der Waals surface area contributed by atoms with Crippen LogP contribution in [0.4, 0.5) is 0 Å². The molecule has 1 fully saturated rings. The molecule has 5 nitrogen and oxygen atoms in total. The lowest BCUT2D eigenvalue weighted by atomic mass is 10.2. The molecule has 1 aromatic heterocycles. The van der Waals surface area contributed by atoms with Gasteiger partial charge in [0.2, 0.25) is 0 Å². The second-order valence-corrected chi connectivity index (χ2v) is 5.44. The lowest BCUT2D eigenvalue weighted by molar-refractivity contribution is 0.243. The molecule has 1 heterocycles. The Balaban J connectivity index is 1.63. The maximum Gasteiger partial charge on any atom is 0.129 e. The fraction of sp³-hybridized carbons (Fsp3) is 0.467. The third-order valence-electron chi connectivity index (χ3n) is 3.80. The van der Waals surface area contributed by atoms with Crippen molar-refractivity contribution in [3.05, 3.63) is 42.0 Å². The fourth-order valence-corrected chi connectivity index (χ4v) is 2.49. The van der Waals surface area contributed by atoms with Gasteiger partial charge in [0.25, 0.3) is 0 Å². The van der Waals surface area contributed by atoms with Crippen molar-refractivity contribution in [2.24, 2.45) is 0 Å². The summed E-state index contributed by atoms with van der Waals surface area (Å²) in [6.45, 7) is 4.76. The smallest absolute Gasteiger partial charge is 0.129 e. The second kappa shape index (κ2) is 5.63. The standard InChI is InChI=1S/C15H20N4O/c1-12-17-16-11-19(12)8-7-18(14-5-6-14)10-13-3-2-4-15(20)9-13/h2-4,9,11,14,20H,5-8,10H2,1H3. The van der Waals surface area contributed by atoms with Gasteiger partial charge in [-0.25, -0.2) is 0 Å². The van der Waals surface area contributed by atoms with Crippen molar-refractivity contribution < 1.29 is 5.11 Å². The third kappa shape index (κ3) is 3.17. The summed E-state index contributed by atoms with van der Waals surface area (Å²) < 4.78 is 2.08. The molecule has 0 saturated heterocycles. The molecule has 1 aromatic carbocycles. The Kier molecular flexibility index (Phi) is 3.69. The monoisotopic (exact) mass is 272 g/mol. The van der Waals surface area contributed by atoms with E-state index in [-0.39, 0.29) is 0 Å². The Labute approximate surface area is 118 Å². The van der Waals surface area contributed by atoms with E-state index >= 15 is 0 Å². The highest BCUT2D eigenvalue weighted by Gasteiger charge is 2.28. The van der Waals surface area contributed by atoms with Crippen LogP contribution in [0.25, 0.3) is 0 Å². The minimum absolute atomic E-state index is 0.341. The summed E-state index contributed by atoms with van der Waals surface area (Å²) in [7, 11) is 0. The normalized spacial score (nSPS) is 14.9. The van der Waals surface area contributed by atoms with Crippen molar-refractivity contribution in [1.29, 1.82) is 0 Å². The van der Waals surface area contributed by atoms with Gasteiger partial charge in [0.05, 0.1) is 0 Å².